The number of hydrogen-bond donors (Lipinski definition) is 2. The lowest BCUT2D eigenvalue weighted by Crippen LogP contribution is -1.97. The van der Waals surface area contributed by atoms with E-state index in [1.54, 1.807) is 24.4 Å². The van der Waals surface area contributed by atoms with Crippen LogP contribution in [0, 0.1) is 11.3 Å². The van der Waals surface area contributed by atoms with Crippen molar-refractivity contribution in [1.82, 2.24) is 4.98 Å². The zero-order chi connectivity index (χ0) is 14.8. The van der Waals surface area contributed by atoms with Crippen molar-refractivity contribution in [1.29, 1.82) is 5.26 Å². The third kappa shape index (κ3) is 2.47. The van der Waals surface area contributed by atoms with Gasteiger partial charge >= 0.3 is 0 Å². The average Bonchev–Trinajstić information content (AvgIpc) is 2.51. The normalized spacial score (nSPS) is 10.3. The minimum atomic E-state index is 0.514. The van der Waals surface area contributed by atoms with Crippen LogP contribution < -0.4 is 11.1 Å². The van der Waals surface area contributed by atoms with Gasteiger partial charge in [-0.15, -0.1) is 0 Å². The number of nitrogens with zero attached hydrogens (tertiary/aromatic N) is 2. The fourth-order valence-electron chi connectivity index (χ4n) is 2.16. The molecule has 21 heavy (non-hydrogen) atoms. The molecule has 2 aromatic carbocycles. The van der Waals surface area contributed by atoms with E-state index in [4.69, 9.17) is 17.3 Å². The number of aromatic nitrogens is 1. The van der Waals surface area contributed by atoms with Crippen molar-refractivity contribution in [2.75, 3.05) is 11.1 Å². The molecule has 102 valence electrons. The molecule has 1 heterocycles. The third-order valence-electron chi connectivity index (χ3n) is 3.17. The van der Waals surface area contributed by atoms with Gasteiger partial charge in [0.1, 0.15) is 6.07 Å². The number of hydrogen-bond acceptors (Lipinski definition) is 4. The van der Waals surface area contributed by atoms with Crippen LogP contribution in [0.1, 0.15) is 5.56 Å². The first-order chi connectivity index (χ1) is 10.2. The second-order valence-electron chi connectivity index (χ2n) is 4.53. The maximum Gasteiger partial charge on any atom is 0.101 e. The van der Waals surface area contributed by atoms with E-state index in [9.17, 15) is 5.26 Å². The molecule has 0 radical (unpaired) electrons. The molecule has 0 aliphatic carbocycles. The summed E-state index contributed by atoms with van der Waals surface area (Å²) < 4.78 is 0. The van der Waals surface area contributed by atoms with Gasteiger partial charge in [0.15, 0.2) is 0 Å². The molecule has 0 atom stereocenters. The second-order valence-corrected chi connectivity index (χ2v) is 4.97. The number of nitrogen functional groups attached to an aromatic ring is 1. The van der Waals surface area contributed by atoms with E-state index in [0.717, 1.165) is 16.6 Å². The lowest BCUT2D eigenvalue weighted by molar-refractivity contribution is 1.40. The molecule has 1 aromatic heterocycles. The monoisotopic (exact) mass is 294 g/mol. The summed E-state index contributed by atoms with van der Waals surface area (Å²) in [7, 11) is 0. The van der Waals surface area contributed by atoms with Crippen LogP contribution in [0.5, 0.6) is 0 Å². The number of nitrogens with one attached hydrogen (secondary N) is 1. The summed E-state index contributed by atoms with van der Waals surface area (Å²) in [4.78, 5) is 4.36. The molecule has 3 aromatic rings. The van der Waals surface area contributed by atoms with Crippen LogP contribution in [0.15, 0.2) is 48.7 Å². The van der Waals surface area contributed by atoms with Gasteiger partial charge in [0, 0.05) is 22.3 Å². The predicted molar refractivity (Wildman–Crippen MR) is 85.6 cm³/mol. The quantitative estimate of drug-likeness (QED) is 0.698. The smallest absolute Gasteiger partial charge is 0.101 e. The first-order valence-electron chi connectivity index (χ1n) is 6.29. The minimum absolute atomic E-state index is 0.514. The van der Waals surface area contributed by atoms with Crippen molar-refractivity contribution in [3.63, 3.8) is 0 Å². The van der Waals surface area contributed by atoms with Crippen LogP contribution in [0.25, 0.3) is 10.9 Å². The fraction of sp³-hybridized carbons (Fsp3) is 0. The molecule has 0 amide bonds. The molecule has 0 unspecified atom stereocenters. The summed E-state index contributed by atoms with van der Waals surface area (Å²) >= 11 is 6.00. The maximum absolute atomic E-state index is 9.18. The first kappa shape index (κ1) is 13.2. The summed E-state index contributed by atoms with van der Waals surface area (Å²) in [6, 6.07) is 14.6. The van der Waals surface area contributed by atoms with Crippen LogP contribution in [0.3, 0.4) is 0 Å². The Morgan fingerprint density at radius 3 is 2.81 bits per heavy atom. The van der Waals surface area contributed by atoms with Gasteiger partial charge in [0.05, 0.1) is 22.5 Å². The molecule has 3 N–H and O–H groups in total. The number of halogens is 1. The Morgan fingerprint density at radius 2 is 2.00 bits per heavy atom. The second kappa shape index (κ2) is 5.31. The lowest BCUT2D eigenvalue weighted by Gasteiger charge is -2.12. The number of fused-ring (bicyclic) bond motifs is 1. The Labute approximate surface area is 126 Å². The molecule has 5 heteroatoms. The van der Waals surface area contributed by atoms with Gasteiger partial charge in [-0.2, -0.15) is 5.26 Å². The Balaban J connectivity index is 2.13. The highest BCUT2D eigenvalue weighted by Gasteiger charge is 2.08. The van der Waals surface area contributed by atoms with Gasteiger partial charge in [-0.1, -0.05) is 11.6 Å². The van der Waals surface area contributed by atoms with E-state index in [2.05, 4.69) is 16.4 Å². The standard InChI is InChI=1S/C16H11ClN4/c17-11-4-3-10(9-18)15(8-11)21-14-6-5-13(19)12-2-1-7-20-16(12)14/h1-8,21H,19H2. The van der Waals surface area contributed by atoms with Crippen LogP contribution in [-0.2, 0) is 0 Å². The molecular weight excluding hydrogens is 284 g/mol. The van der Waals surface area contributed by atoms with Crippen molar-refractivity contribution in [3.05, 3.63) is 59.2 Å². The number of pyridine rings is 1. The Hall–Kier alpha value is -2.77. The van der Waals surface area contributed by atoms with E-state index in [1.807, 2.05) is 24.3 Å². The SMILES string of the molecule is N#Cc1ccc(Cl)cc1Nc1ccc(N)c2cccnc12. The van der Waals surface area contributed by atoms with Crippen LogP contribution in [0.4, 0.5) is 17.1 Å². The summed E-state index contributed by atoms with van der Waals surface area (Å²) in [6.07, 6.45) is 1.70. The van der Waals surface area contributed by atoms with E-state index >= 15 is 0 Å². The van der Waals surface area contributed by atoms with Crippen molar-refractivity contribution in [3.8, 4) is 6.07 Å². The predicted octanol–water partition coefficient (Wildman–Crippen LogP) is 4.09. The topological polar surface area (TPSA) is 74.7 Å². The Morgan fingerprint density at radius 1 is 1.14 bits per heavy atom. The van der Waals surface area contributed by atoms with E-state index in [1.165, 1.54) is 0 Å². The molecular formula is C16H11ClN4. The van der Waals surface area contributed by atoms with Crippen molar-refractivity contribution < 1.29 is 0 Å². The summed E-state index contributed by atoms with van der Waals surface area (Å²) in [5.41, 5.74) is 9.30. The largest absolute Gasteiger partial charge is 0.398 e. The minimum Gasteiger partial charge on any atom is -0.398 e. The zero-order valence-corrected chi connectivity index (χ0v) is 11.7. The Kier molecular flexibility index (Phi) is 3.35. The average molecular weight is 295 g/mol. The molecule has 0 saturated carbocycles. The number of nitrogens with two attached hydrogens (primary N) is 1. The van der Waals surface area contributed by atoms with Crippen LogP contribution in [0.2, 0.25) is 5.02 Å². The molecule has 4 nitrogen and oxygen atoms in total. The van der Waals surface area contributed by atoms with Gasteiger partial charge < -0.3 is 11.1 Å². The highest BCUT2D eigenvalue weighted by atomic mass is 35.5. The Bertz CT molecular complexity index is 868. The molecule has 3 rings (SSSR count). The van der Waals surface area contributed by atoms with E-state index < -0.39 is 0 Å². The van der Waals surface area contributed by atoms with E-state index in [-0.39, 0.29) is 0 Å². The summed E-state index contributed by atoms with van der Waals surface area (Å²) in [5.74, 6) is 0. The third-order valence-corrected chi connectivity index (χ3v) is 3.41. The van der Waals surface area contributed by atoms with Crippen LogP contribution in [-0.4, -0.2) is 4.98 Å². The molecule has 0 saturated heterocycles. The van der Waals surface area contributed by atoms with Gasteiger partial charge in [-0.3, -0.25) is 4.98 Å². The highest BCUT2D eigenvalue weighted by molar-refractivity contribution is 6.31. The van der Waals surface area contributed by atoms with Gasteiger partial charge in [0.2, 0.25) is 0 Å². The van der Waals surface area contributed by atoms with Crippen molar-refractivity contribution in [2.24, 2.45) is 0 Å². The van der Waals surface area contributed by atoms with Gasteiger partial charge in [-0.05, 0) is 42.5 Å². The summed E-state index contributed by atoms with van der Waals surface area (Å²) in [5, 5.41) is 13.8. The van der Waals surface area contributed by atoms with Crippen LogP contribution >= 0.6 is 11.6 Å². The molecule has 0 bridgehead atoms. The van der Waals surface area contributed by atoms with Crippen molar-refractivity contribution >= 4 is 39.6 Å². The van der Waals surface area contributed by atoms with Crippen molar-refractivity contribution in [2.45, 2.75) is 0 Å². The number of benzene rings is 2. The lowest BCUT2D eigenvalue weighted by atomic mass is 10.1. The number of rotatable bonds is 2. The molecule has 0 aliphatic heterocycles. The fourth-order valence-corrected chi connectivity index (χ4v) is 2.33. The zero-order valence-electron chi connectivity index (χ0n) is 11.0. The number of nitriles is 1. The summed E-state index contributed by atoms with van der Waals surface area (Å²) in [6.45, 7) is 0. The van der Waals surface area contributed by atoms with Gasteiger partial charge in [0.25, 0.3) is 0 Å². The molecule has 0 fully saturated rings. The first-order valence-corrected chi connectivity index (χ1v) is 6.67. The molecule has 0 aliphatic rings. The van der Waals surface area contributed by atoms with E-state index in [0.29, 0.717) is 22.0 Å². The van der Waals surface area contributed by atoms with Gasteiger partial charge in [-0.25, -0.2) is 0 Å². The number of anilines is 3. The highest BCUT2D eigenvalue weighted by Crippen LogP contribution is 2.30. The molecule has 0 spiro atoms. The maximum atomic E-state index is 9.18.